The van der Waals surface area contributed by atoms with E-state index in [0.29, 0.717) is 0 Å². The molecule has 108 valence electrons. The van der Waals surface area contributed by atoms with E-state index in [4.69, 9.17) is 0 Å². The van der Waals surface area contributed by atoms with Crippen LogP contribution < -0.4 is 5.32 Å². The molecule has 1 N–H and O–H groups in total. The summed E-state index contributed by atoms with van der Waals surface area (Å²) >= 11 is 3.78. The highest BCUT2D eigenvalue weighted by molar-refractivity contribution is 8.04. The molecule has 1 aromatic carbocycles. The van der Waals surface area contributed by atoms with Gasteiger partial charge in [-0.05, 0) is 18.4 Å². The van der Waals surface area contributed by atoms with Crippen molar-refractivity contribution in [2.24, 2.45) is 0 Å². The maximum Gasteiger partial charge on any atom is 0.269 e. The van der Waals surface area contributed by atoms with Crippen LogP contribution in [0.4, 0.5) is 5.69 Å². The van der Waals surface area contributed by atoms with Gasteiger partial charge in [0.15, 0.2) is 0 Å². The Morgan fingerprint density at radius 2 is 1.81 bits per heavy atom. The van der Waals surface area contributed by atoms with Crippen LogP contribution in [-0.4, -0.2) is 16.4 Å². The lowest BCUT2D eigenvalue weighted by atomic mass is 9.92. The highest BCUT2D eigenvalue weighted by Crippen LogP contribution is 2.53. The van der Waals surface area contributed by atoms with Crippen molar-refractivity contribution < 1.29 is 4.92 Å². The van der Waals surface area contributed by atoms with Gasteiger partial charge >= 0.3 is 0 Å². The van der Waals surface area contributed by atoms with Gasteiger partial charge < -0.3 is 5.32 Å². The summed E-state index contributed by atoms with van der Waals surface area (Å²) in [4.78, 5) is 13.5. The maximum absolute atomic E-state index is 11.1. The van der Waals surface area contributed by atoms with Crippen LogP contribution in [0.15, 0.2) is 45.5 Å². The molecule has 4 rings (SSSR count). The Kier molecular flexibility index (Phi) is 3.23. The second-order valence-corrected chi connectivity index (χ2v) is 7.57. The molecule has 0 saturated heterocycles. The Bertz CT molecular complexity index is 667. The Hall–Kier alpha value is -1.40. The maximum atomic E-state index is 11.1. The van der Waals surface area contributed by atoms with Crippen LogP contribution in [0.5, 0.6) is 0 Å². The molecule has 0 radical (unpaired) electrons. The molecule has 3 heterocycles. The van der Waals surface area contributed by atoms with Crippen molar-refractivity contribution in [3.63, 3.8) is 0 Å². The van der Waals surface area contributed by atoms with Crippen molar-refractivity contribution in [1.82, 2.24) is 5.32 Å². The van der Waals surface area contributed by atoms with E-state index in [1.165, 1.54) is 21.2 Å². The number of hydrogen-bond donors (Lipinski definition) is 1. The van der Waals surface area contributed by atoms with Crippen molar-refractivity contribution in [2.75, 3.05) is 11.5 Å². The lowest BCUT2D eigenvalue weighted by Crippen LogP contribution is -2.21. The van der Waals surface area contributed by atoms with Crippen LogP contribution in [0.2, 0.25) is 0 Å². The lowest BCUT2D eigenvalue weighted by Gasteiger charge is -2.27. The number of nitrogens with one attached hydrogen (secondary N) is 1. The number of thioether (sulfide) groups is 2. The summed E-state index contributed by atoms with van der Waals surface area (Å²) < 4.78 is 0. The molecule has 0 fully saturated rings. The van der Waals surface area contributed by atoms with Gasteiger partial charge in [0, 0.05) is 50.8 Å². The summed E-state index contributed by atoms with van der Waals surface area (Å²) in [5, 5.41) is 14.6. The van der Waals surface area contributed by atoms with Gasteiger partial charge in [0.05, 0.1) is 4.92 Å². The van der Waals surface area contributed by atoms with Crippen LogP contribution >= 0.6 is 23.5 Å². The van der Waals surface area contributed by atoms with E-state index in [1.54, 1.807) is 18.2 Å². The van der Waals surface area contributed by atoms with Crippen LogP contribution in [0.1, 0.15) is 24.3 Å². The number of non-ortho nitro benzene ring substituents is 1. The summed E-state index contributed by atoms with van der Waals surface area (Å²) in [6.45, 7) is 0. The van der Waals surface area contributed by atoms with Gasteiger partial charge in [0.1, 0.15) is 0 Å². The zero-order chi connectivity index (χ0) is 14.4. The van der Waals surface area contributed by atoms with E-state index in [0.717, 1.165) is 29.9 Å². The second kappa shape index (κ2) is 5.10. The number of hydrogen-bond acceptors (Lipinski definition) is 5. The van der Waals surface area contributed by atoms with E-state index in [-0.39, 0.29) is 16.5 Å². The largest absolute Gasteiger partial charge is 0.361 e. The van der Waals surface area contributed by atoms with Gasteiger partial charge in [0.25, 0.3) is 5.69 Å². The van der Waals surface area contributed by atoms with Crippen LogP contribution in [0, 0.1) is 10.1 Å². The fourth-order valence-electron chi connectivity index (χ4n) is 3.13. The number of benzene rings is 1. The van der Waals surface area contributed by atoms with E-state index in [2.05, 4.69) is 5.32 Å². The molecule has 21 heavy (non-hydrogen) atoms. The molecule has 0 atom stereocenters. The van der Waals surface area contributed by atoms with Gasteiger partial charge in [-0.25, -0.2) is 0 Å². The number of nitro groups is 1. The quantitative estimate of drug-likeness (QED) is 0.660. The molecule has 0 aliphatic carbocycles. The molecule has 0 spiro atoms. The van der Waals surface area contributed by atoms with Gasteiger partial charge in [-0.15, -0.1) is 23.5 Å². The fourth-order valence-corrected chi connectivity index (χ4v) is 5.75. The van der Waals surface area contributed by atoms with Crippen molar-refractivity contribution in [2.45, 2.75) is 18.8 Å². The number of dihydropyridines is 1. The smallest absolute Gasteiger partial charge is 0.269 e. The van der Waals surface area contributed by atoms with Crippen molar-refractivity contribution in [1.29, 1.82) is 0 Å². The van der Waals surface area contributed by atoms with Gasteiger partial charge in [-0.3, -0.25) is 10.1 Å². The summed E-state index contributed by atoms with van der Waals surface area (Å²) in [7, 11) is 0. The molecule has 0 saturated carbocycles. The van der Waals surface area contributed by atoms with E-state index in [1.807, 2.05) is 29.6 Å². The molecule has 0 amide bonds. The third-order valence-corrected chi connectivity index (χ3v) is 6.46. The van der Waals surface area contributed by atoms with E-state index >= 15 is 0 Å². The van der Waals surface area contributed by atoms with Crippen LogP contribution in [-0.2, 0) is 0 Å². The van der Waals surface area contributed by atoms with Crippen LogP contribution in [0.25, 0.3) is 0 Å². The van der Waals surface area contributed by atoms with E-state index in [9.17, 15) is 10.1 Å². The molecule has 3 aliphatic heterocycles. The normalized spacial score (nSPS) is 21.3. The molecular weight excluding hydrogens is 304 g/mol. The Morgan fingerprint density at radius 1 is 1.14 bits per heavy atom. The highest BCUT2D eigenvalue weighted by Gasteiger charge is 2.36. The minimum absolute atomic E-state index is 0.182. The molecule has 0 bridgehead atoms. The minimum atomic E-state index is -0.307. The van der Waals surface area contributed by atoms with Crippen molar-refractivity contribution in [3.05, 3.63) is 61.1 Å². The first-order chi connectivity index (χ1) is 10.2. The number of rotatable bonds is 2. The topological polar surface area (TPSA) is 55.2 Å². The summed E-state index contributed by atoms with van der Waals surface area (Å²) in [6.07, 6.45) is 2.15. The number of nitro benzene ring substituents is 1. The Morgan fingerprint density at radius 3 is 2.43 bits per heavy atom. The summed E-state index contributed by atoms with van der Waals surface area (Å²) in [6, 6.07) is 7.13. The molecule has 3 aliphatic rings. The minimum Gasteiger partial charge on any atom is -0.361 e. The first kappa shape index (κ1) is 13.3. The first-order valence-electron chi connectivity index (χ1n) is 6.97. The second-order valence-electron chi connectivity index (χ2n) is 5.29. The molecule has 0 aromatic heterocycles. The highest BCUT2D eigenvalue weighted by atomic mass is 32.2. The van der Waals surface area contributed by atoms with Gasteiger partial charge in [-0.2, -0.15) is 0 Å². The molecule has 4 nitrogen and oxygen atoms in total. The predicted molar refractivity (Wildman–Crippen MR) is 87.2 cm³/mol. The average Bonchev–Trinajstić information content (AvgIpc) is 3.12. The SMILES string of the molecule is O=[N+]([O-])c1cccc(C2C3=C(CCS3)NC3=C2SCC3)c1. The lowest BCUT2D eigenvalue weighted by molar-refractivity contribution is -0.384. The molecule has 1 aromatic rings. The Balaban J connectivity index is 1.82. The van der Waals surface area contributed by atoms with Gasteiger partial charge in [-0.1, -0.05) is 12.1 Å². The third-order valence-electron chi connectivity index (χ3n) is 4.05. The number of nitrogens with zero attached hydrogens (tertiary/aromatic N) is 1. The average molecular weight is 318 g/mol. The zero-order valence-corrected chi connectivity index (χ0v) is 12.9. The van der Waals surface area contributed by atoms with Crippen LogP contribution in [0.3, 0.4) is 0 Å². The molecule has 6 heteroatoms. The van der Waals surface area contributed by atoms with Gasteiger partial charge in [0.2, 0.25) is 0 Å². The fraction of sp³-hybridized carbons (Fsp3) is 0.333. The standard InChI is InChI=1S/C15H14N2O2S2/c18-17(19)10-3-1-2-9(8-10)13-14-11(4-6-20-14)16-12-5-7-21-15(12)13/h1-3,8,13,16H,4-7H2. The summed E-state index contributed by atoms with van der Waals surface area (Å²) in [5.41, 5.74) is 3.89. The number of allylic oxidation sites excluding steroid dienone is 4. The van der Waals surface area contributed by atoms with Crippen molar-refractivity contribution >= 4 is 29.2 Å². The Labute approximate surface area is 131 Å². The summed E-state index contributed by atoms with van der Waals surface area (Å²) in [5.74, 6) is 2.42. The molecular formula is C15H14N2O2S2. The zero-order valence-electron chi connectivity index (χ0n) is 11.3. The third kappa shape index (κ3) is 2.17. The first-order valence-corrected chi connectivity index (χ1v) is 8.94. The predicted octanol–water partition coefficient (Wildman–Crippen LogP) is 3.98. The van der Waals surface area contributed by atoms with E-state index < -0.39 is 0 Å². The monoisotopic (exact) mass is 318 g/mol. The van der Waals surface area contributed by atoms with Crippen molar-refractivity contribution in [3.8, 4) is 0 Å². The molecule has 0 unspecified atom stereocenters.